The molecule has 0 amide bonds. The Balaban J connectivity index is 2.30. The summed E-state index contributed by atoms with van der Waals surface area (Å²) >= 11 is 0. The van der Waals surface area contributed by atoms with Crippen LogP contribution in [0.5, 0.6) is 0 Å². The molecular weight excluding hydrogens is 124 g/mol. The second kappa shape index (κ2) is 2.22. The van der Waals surface area contributed by atoms with Gasteiger partial charge < -0.3 is 0 Å². The molecule has 0 atom stereocenters. The van der Waals surface area contributed by atoms with E-state index in [2.05, 4.69) is 6.29 Å². The van der Waals surface area contributed by atoms with Gasteiger partial charge in [0.2, 0.25) is 6.29 Å². The molecule has 1 radical (unpaired) electrons. The monoisotopic (exact) mass is 135 g/mol. The lowest BCUT2D eigenvalue weighted by Crippen LogP contribution is -2.17. The quantitative estimate of drug-likeness (QED) is 0.537. The van der Waals surface area contributed by atoms with Gasteiger partial charge in [-0.3, -0.25) is 4.79 Å². The van der Waals surface area contributed by atoms with Crippen LogP contribution >= 0.6 is 0 Å². The Morgan fingerprint density at radius 1 is 1.30 bits per heavy atom. The summed E-state index contributed by atoms with van der Waals surface area (Å²) in [5.41, 5.74) is 2.40. The minimum Gasteiger partial charge on any atom is -0.285 e. The van der Waals surface area contributed by atoms with Crippen LogP contribution < -0.4 is 0 Å². The zero-order valence-electron chi connectivity index (χ0n) is 6.02. The SMILES string of the molecule is O=[C]C1=C2CCC(CC2)C1. The summed E-state index contributed by atoms with van der Waals surface area (Å²) in [7, 11) is 0. The van der Waals surface area contributed by atoms with Gasteiger partial charge in [-0.25, -0.2) is 0 Å². The third-order valence-electron chi connectivity index (χ3n) is 2.75. The summed E-state index contributed by atoms with van der Waals surface area (Å²) in [5.74, 6) is 0.814. The first-order valence-electron chi connectivity index (χ1n) is 3.99. The highest BCUT2D eigenvalue weighted by Crippen LogP contribution is 2.39. The highest BCUT2D eigenvalue weighted by molar-refractivity contribution is 5.76. The maximum atomic E-state index is 10.4. The summed E-state index contributed by atoms with van der Waals surface area (Å²) in [6.07, 6.45) is 8.08. The van der Waals surface area contributed by atoms with Gasteiger partial charge in [0.05, 0.1) is 0 Å². The predicted molar refractivity (Wildman–Crippen MR) is 39.3 cm³/mol. The van der Waals surface area contributed by atoms with Crippen molar-refractivity contribution in [3.8, 4) is 0 Å². The molecule has 2 bridgehead atoms. The maximum absolute atomic E-state index is 10.4. The van der Waals surface area contributed by atoms with Crippen molar-refractivity contribution in [2.45, 2.75) is 32.1 Å². The van der Waals surface area contributed by atoms with Crippen LogP contribution in [-0.2, 0) is 4.79 Å². The minimum absolute atomic E-state index is 0.814. The number of rotatable bonds is 1. The fourth-order valence-corrected chi connectivity index (χ4v) is 2.08. The smallest absolute Gasteiger partial charge is 0.229 e. The first-order valence-corrected chi connectivity index (χ1v) is 3.99. The van der Waals surface area contributed by atoms with E-state index in [4.69, 9.17) is 0 Å². The summed E-state index contributed by atoms with van der Waals surface area (Å²) in [4.78, 5) is 10.4. The van der Waals surface area contributed by atoms with Gasteiger partial charge in [0, 0.05) is 5.57 Å². The van der Waals surface area contributed by atoms with Crippen molar-refractivity contribution >= 4 is 6.29 Å². The molecule has 10 heavy (non-hydrogen) atoms. The van der Waals surface area contributed by atoms with Gasteiger partial charge in [-0.2, -0.15) is 0 Å². The number of fused-ring (bicyclic) bond motifs is 3. The van der Waals surface area contributed by atoms with E-state index < -0.39 is 0 Å². The van der Waals surface area contributed by atoms with Crippen LogP contribution in [0.2, 0.25) is 0 Å². The topological polar surface area (TPSA) is 17.1 Å². The Morgan fingerprint density at radius 3 is 2.30 bits per heavy atom. The first kappa shape index (κ1) is 6.14. The Hall–Kier alpha value is -0.590. The van der Waals surface area contributed by atoms with Crippen molar-refractivity contribution in [3.05, 3.63) is 11.1 Å². The molecule has 53 valence electrons. The van der Waals surface area contributed by atoms with Gasteiger partial charge in [0.15, 0.2) is 0 Å². The van der Waals surface area contributed by atoms with E-state index in [-0.39, 0.29) is 0 Å². The zero-order chi connectivity index (χ0) is 6.97. The van der Waals surface area contributed by atoms with Crippen LogP contribution in [0.4, 0.5) is 0 Å². The molecule has 0 saturated heterocycles. The van der Waals surface area contributed by atoms with Crippen LogP contribution in [0.3, 0.4) is 0 Å². The van der Waals surface area contributed by atoms with Gasteiger partial charge in [-0.1, -0.05) is 5.57 Å². The van der Waals surface area contributed by atoms with Crippen LogP contribution in [0, 0.1) is 5.92 Å². The Bertz CT molecular complexity index is 181. The van der Waals surface area contributed by atoms with E-state index in [1.807, 2.05) is 0 Å². The summed E-state index contributed by atoms with van der Waals surface area (Å²) in [6, 6.07) is 0. The Labute approximate surface area is 61.1 Å². The molecule has 3 aliphatic rings. The largest absolute Gasteiger partial charge is 0.285 e. The van der Waals surface area contributed by atoms with Gasteiger partial charge in [0.25, 0.3) is 0 Å². The minimum atomic E-state index is 0.814. The first-order chi connectivity index (χ1) is 4.90. The van der Waals surface area contributed by atoms with E-state index >= 15 is 0 Å². The molecule has 0 aliphatic heterocycles. The van der Waals surface area contributed by atoms with Gasteiger partial charge in [0.1, 0.15) is 0 Å². The highest BCUT2D eigenvalue weighted by atomic mass is 16.1. The van der Waals surface area contributed by atoms with E-state index in [0.29, 0.717) is 0 Å². The molecule has 3 aliphatic carbocycles. The average Bonchev–Trinajstić information content (AvgIpc) is 2.06. The highest BCUT2D eigenvalue weighted by Gasteiger charge is 2.26. The molecule has 0 spiro atoms. The van der Waals surface area contributed by atoms with Gasteiger partial charge in [-0.05, 0) is 38.0 Å². The standard InChI is InChI=1S/C9H11O/c10-6-9-5-7-1-3-8(9)4-2-7/h7H,1-5H2. The van der Waals surface area contributed by atoms with E-state index in [1.54, 1.807) is 0 Å². The molecule has 1 heteroatoms. The van der Waals surface area contributed by atoms with Crippen molar-refractivity contribution in [1.29, 1.82) is 0 Å². The number of hydrogen-bond donors (Lipinski definition) is 0. The van der Waals surface area contributed by atoms with Gasteiger partial charge >= 0.3 is 0 Å². The molecule has 0 aromatic heterocycles. The van der Waals surface area contributed by atoms with Crippen LogP contribution in [0.25, 0.3) is 0 Å². The lowest BCUT2D eigenvalue weighted by Gasteiger charge is -2.31. The van der Waals surface area contributed by atoms with Crippen molar-refractivity contribution in [2.24, 2.45) is 5.92 Å². The van der Waals surface area contributed by atoms with Crippen LogP contribution in [0.15, 0.2) is 11.1 Å². The molecule has 0 unspecified atom stereocenters. The summed E-state index contributed by atoms with van der Waals surface area (Å²) in [5, 5.41) is 0. The molecule has 1 fully saturated rings. The second-order valence-corrected chi connectivity index (χ2v) is 3.33. The Morgan fingerprint density at radius 2 is 2.00 bits per heavy atom. The van der Waals surface area contributed by atoms with E-state index in [0.717, 1.165) is 17.9 Å². The van der Waals surface area contributed by atoms with Gasteiger partial charge in [-0.15, -0.1) is 0 Å². The fourth-order valence-electron chi connectivity index (χ4n) is 2.08. The number of allylic oxidation sites excluding steroid dienone is 2. The van der Waals surface area contributed by atoms with Crippen molar-refractivity contribution in [1.82, 2.24) is 0 Å². The van der Waals surface area contributed by atoms with Crippen molar-refractivity contribution in [3.63, 3.8) is 0 Å². The lowest BCUT2D eigenvalue weighted by molar-refractivity contribution is 0.375. The van der Waals surface area contributed by atoms with Crippen molar-refractivity contribution < 1.29 is 4.79 Å². The maximum Gasteiger partial charge on any atom is 0.229 e. The Kier molecular flexibility index (Phi) is 1.37. The average molecular weight is 135 g/mol. The van der Waals surface area contributed by atoms with Crippen LogP contribution in [0.1, 0.15) is 32.1 Å². The molecule has 0 aromatic rings. The lowest BCUT2D eigenvalue weighted by atomic mass is 9.74. The van der Waals surface area contributed by atoms with Crippen LogP contribution in [-0.4, -0.2) is 6.29 Å². The second-order valence-electron chi connectivity index (χ2n) is 3.33. The molecule has 0 aromatic carbocycles. The molecule has 1 nitrogen and oxygen atoms in total. The summed E-state index contributed by atoms with van der Waals surface area (Å²) < 4.78 is 0. The molecular formula is C9H11O. The molecule has 0 N–H and O–H groups in total. The summed E-state index contributed by atoms with van der Waals surface area (Å²) in [6.45, 7) is 0. The normalized spacial score (nSPS) is 25.6. The molecule has 3 rings (SSSR count). The van der Waals surface area contributed by atoms with Crippen molar-refractivity contribution in [2.75, 3.05) is 0 Å². The fraction of sp³-hybridized carbons (Fsp3) is 0.667. The van der Waals surface area contributed by atoms with E-state index in [9.17, 15) is 4.79 Å². The predicted octanol–water partition coefficient (Wildman–Crippen LogP) is 1.99. The van der Waals surface area contributed by atoms with E-state index in [1.165, 1.54) is 31.3 Å². The zero-order valence-corrected chi connectivity index (χ0v) is 6.02. The molecule has 0 heterocycles. The third-order valence-corrected chi connectivity index (χ3v) is 2.75. The number of hydrogen-bond acceptors (Lipinski definition) is 1. The molecule has 1 saturated carbocycles. The number of carbonyl (C=O) groups excluding carboxylic acids is 1. The third kappa shape index (κ3) is 0.808.